The van der Waals surface area contributed by atoms with E-state index in [1.165, 1.54) is 0 Å². The molecule has 1 aromatic heterocycles. The quantitative estimate of drug-likeness (QED) is 0.903. The summed E-state index contributed by atoms with van der Waals surface area (Å²) in [6.07, 6.45) is 4.52. The van der Waals surface area contributed by atoms with Gasteiger partial charge in [-0.15, -0.1) is 5.10 Å². The average molecular weight is 344 g/mol. The van der Waals surface area contributed by atoms with Gasteiger partial charge in [-0.25, -0.2) is 4.98 Å². The van der Waals surface area contributed by atoms with Gasteiger partial charge >= 0.3 is 0 Å². The largest absolute Gasteiger partial charge is 0.353 e. The highest BCUT2D eigenvalue weighted by Gasteiger charge is 2.39. The molecule has 4 rings (SSSR count). The van der Waals surface area contributed by atoms with E-state index in [0.717, 1.165) is 30.6 Å². The first kappa shape index (κ1) is 15.3. The Morgan fingerprint density at radius 2 is 2.21 bits per heavy atom. The number of anilines is 1. The smallest absolute Gasteiger partial charge is 0.243 e. The molecular formula is C17H18ClN5O. The SMILES string of the molecule is O=C1CC(CNc2nncc(-c3cccc(Cl)c3)n2)CN1C1CC1. The van der Waals surface area contributed by atoms with Gasteiger partial charge in [-0.05, 0) is 25.0 Å². The fourth-order valence-electron chi connectivity index (χ4n) is 3.09. The third kappa shape index (κ3) is 3.33. The highest BCUT2D eigenvalue weighted by molar-refractivity contribution is 6.30. The molecule has 1 amide bonds. The van der Waals surface area contributed by atoms with Gasteiger partial charge in [0.15, 0.2) is 0 Å². The highest BCUT2D eigenvalue weighted by atomic mass is 35.5. The number of amides is 1. The standard InChI is InChI=1S/C17H18ClN5O/c18-13-3-1-2-12(7-13)15-9-20-22-17(21-15)19-8-11-6-16(24)23(10-11)14-4-5-14/h1-3,7,9,11,14H,4-6,8,10H2,(H,19,21,22). The van der Waals surface area contributed by atoms with Crippen molar-refractivity contribution in [3.8, 4) is 11.3 Å². The van der Waals surface area contributed by atoms with Crippen molar-refractivity contribution in [1.29, 1.82) is 0 Å². The minimum Gasteiger partial charge on any atom is -0.353 e. The second kappa shape index (κ2) is 6.36. The summed E-state index contributed by atoms with van der Waals surface area (Å²) < 4.78 is 0. The number of benzene rings is 1. The molecule has 1 aromatic carbocycles. The number of nitrogens with zero attached hydrogens (tertiary/aromatic N) is 4. The monoisotopic (exact) mass is 343 g/mol. The topological polar surface area (TPSA) is 71.0 Å². The van der Waals surface area contributed by atoms with Crippen LogP contribution in [0.15, 0.2) is 30.5 Å². The second-order valence-electron chi connectivity index (χ2n) is 6.40. The Kier molecular flexibility index (Phi) is 4.06. The maximum Gasteiger partial charge on any atom is 0.243 e. The van der Waals surface area contributed by atoms with Gasteiger partial charge in [-0.1, -0.05) is 23.7 Å². The van der Waals surface area contributed by atoms with E-state index in [2.05, 4.69) is 20.5 Å². The summed E-state index contributed by atoms with van der Waals surface area (Å²) in [7, 11) is 0. The van der Waals surface area contributed by atoms with Crippen molar-refractivity contribution in [3.63, 3.8) is 0 Å². The van der Waals surface area contributed by atoms with Gasteiger partial charge in [0.25, 0.3) is 0 Å². The summed E-state index contributed by atoms with van der Waals surface area (Å²) in [5, 5.41) is 11.9. The molecule has 7 heteroatoms. The normalized spacial score (nSPS) is 20.5. The van der Waals surface area contributed by atoms with Gasteiger partial charge in [0, 0.05) is 42.1 Å². The van der Waals surface area contributed by atoms with Crippen molar-refractivity contribution in [1.82, 2.24) is 20.1 Å². The number of nitrogens with one attached hydrogen (secondary N) is 1. The van der Waals surface area contributed by atoms with E-state index in [1.54, 1.807) is 6.20 Å². The van der Waals surface area contributed by atoms with Crippen LogP contribution in [0.25, 0.3) is 11.3 Å². The number of hydrogen-bond donors (Lipinski definition) is 1. The summed E-state index contributed by atoms with van der Waals surface area (Å²) in [5.74, 6) is 1.05. The van der Waals surface area contributed by atoms with E-state index in [-0.39, 0.29) is 5.91 Å². The first-order chi connectivity index (χ1) is 11.7. The zero-order chi connectivity index (χ0) is 16.5. The lowest BCUT2D eigenvalue weighted by atomic mass is 10.1. The molecule has 124 valence electrons. The number of hydrogen-bond acceptors (Lipinski definition) is 5. The Labute approximate surface area is 145 Å². The zero-order valence-corrected chi connectivity index (χ0v) is 13.9. The van der Waals surface area contributed by atoms with Gasteiger partial charge < -0.3 is 10.2 Å². The van der Waals surface area contributed by atoms with Crippen molar-refractivity contribution in [2.24, 2.45) is 5.92 Å². The van der Waals surface area contributed by atoms with Crippen molar-refractivity contribution in [2.45, 2.75) is 25.3 Å². The second-order valence-corrected chi connectivity index (χ2v) is 6.84. The predicted octanol–water partition coefficient (Wildman–Crippen LogP) is 2.61. The zero-order valence-electron chi connectivity index (χ0n) is 13.2. The van der Waals surface area contributed by atoms with Crippen LogP contribution in [0.4, 0.5) is 5.95 Å². The number of halogens is 1. The fraction of sp³-hybridized carbons (Fsp3) is 0.412. The van der Waals surface area contributed by atoms with Crippen LogP contribution in [-0.4, -0.2) is 45.1 Å². The lowest BCUT2D eigenvalue weighted by Gasteiger charge is -2.15. The highest BCUT2D eigenvalue weighted by Crippen LogP contribution is 2.32. The van der Waals surface area contributed by atoms with E-state index in [9.17, 15) is 4.79 Å². The molecule has 2 aliphatic rings. The van der Waals surface area contributed by atoms with Crippen LogP contribution in [-0.2, 0) is 4.79 Å². The molecule has 0 bridgehead atoms. The van der Waals surface area contributed by atoms with Crippen molar-refractivity contribution >= 4 is 23.5 Å². The molecule has 1 unspecified atom stereocenters. The summed E-state index contributed by atoms with van der Waals surface area (Å²) in [6, 6.07) is 7.97. The molecular weight excluding hydrogens is 326 g/mol. The molecule has 0 spiro atoms. The summed E-state index contributed by atoms with van der Waals surface area (Å²) in [4.78, 5) is 18.5. The van der Waals surface area contributed by atoms with Gasteiger partial charge in [0.1, 0.15) is 0 Å². The first-order valence-electron chi connectivity index (χ1n) is 8.18. The Bertz CT molecular complexity index is 764. The molecule has 24 heavy (non-hydrogen) atoms. The Balaban J connectivity index is 1.40. The minimum absolute atomic E-state index is 0.274. The molecule has 1 saturated heterocycles. The number of rotatable bonds is 5. The van der Waals surface area contributed by atoms with Gasteiger partial charge in [0.05, 0.1) is 11.9 Å². The van der Waals surface area contributed by atoms with Crippen LogP contribution < -0.4 is 5.32 Å². The van der Waals surface area contributed by atoms with E-state index < -0.39 is 0 Å². The van der Waals surface area contributed by atoms with E-state index >= 15 is 0 Å². The molecule has 1 aliphatic heterocycles. The maximum atomic E-state index is 12.0. The molecule has 0 radical (unpaired) electrons. The van der Waals surface area contributed by atoms with Crippen LogP contribution in [0.5, 0.6) is 0 Å². The van der Waals surface area contributed by atoms with E-state index in [1.807, 2.05) is 29.2 Å². The van der Waals surface area contributed by atoms with Crippen LogP contribution in [0.1, 0.15) is 19.3 Å². The molecule has 1 saturated carbocycles. The Morgan fingerprint density at radius 1 is 1.33 bits per heavy atom. The average Bonchev–Trinajstić information content (AvgIpc) is 3.36. The van der Waals surface area contributed by atoms with Gasteiger partial charge in [0.2, 0.25) is 11.9 Å². The predicted molar refractivity (Wildman–Crippen MR) is 91.6 cm³/mol. The molecule has 2 fully saturated rings. The third-order valence-corrected chi connectivity index (χ3v) is 4.69. The van der Waals surface area contributed by atoms with E-state index in [0.29, 0.717) is 35.9 Å². The Hall–Kier alpha value is -2.21. The number of carbonyl (C=O) groups excluding carboxylic acids is 1. The minimum atomic E-state index is 0.274. The summed E-state index contributed by atoms with van der Waals surface area (Å²) in [5.41, 5.74) is 1.62. The summed E-state index contributed by atoms with van der Waals surface area (Å²) >= 11 is 6.02. The van der Waals surface area contributed by atoms with Crippen LogP contribution in [0.3, 0.4) is 0 Å². The number of likely N-dealkylation sites (tertiary alicyclic amines) is 1. The van der Waals surface area contributed by atoms with Crippen molar-refractivity contribution in [3.05, 3.63) is 35.5 Å². The lowest BCUT2D eigenvalue weighted by molar-refractivity contribution is -0.128. The lowest BCUT2D eigenvalue weighted by Crippen LogP contribution is -2.28. The van der Waals surface area contributed by atoms with Gasteiger partial charge in [-0.2, -0.15) is 5.10 Å². The molecule has 2 aromatic rings. The van der Waals surface area contributed by atoms with Crippen LogP contribution in [0.2, 0.25) is 5.02 Å². The van der Waals surface area contributed by atoms with Crippen LogP contribution in [0, 0.1) is 5.92 Å². The van der Waals surface area contributed by atoms with E-state index in [4.69, 9.17) is 11.6 Å². The number of carbonyl (C=O) groups is 1. The van der Waals surface area contributed by atoms with Crippen molar-refractivity contribution < 1.29 is 4.79 Å². The molecule has 1 atom stereocenters. The third-order valence-electron chi connectivity index (χ3n) is 4.45. The molecule has 6 nitrogen and oxygen atoms in total. The van der Waals surface area contributed by atoms with Crippen molar-refractivity contribution in [2.75, 3.05) is 18.4 Å². The Morgan fingerprint density at radius 3 is 3.00 bits per heavy atom. The van der Waals surface area contributed by atoms with Gasteiger partial charge in [-0.3, -0.25) is 4.79 Å². The fourth-order valence-corrected chi connectivity index (χ4v) is 3.28. The number of aromatic nitrogens is 3. The van der Waals surface area contributed by atoms with Crippen LogP contribution >= 0.6 is 11.6 Å². The first-order valence-corrected chi connectivity index (χ1v) is 8.56. The molecule has 2 heterocycles. The summed E-state index contributed by atoms with van der Waals surface area (Å²) in [6.45, 7) is 1.51. The molecule has 1 aliphatic carbocycles. The maximum absolute atomic E-state index is 12.0. The molecule has 1 N–H and O–H groups in total.